The third-order valence-corrected chi connectivity index (χ3v) is 6.56. The van der Waals surface area contributed by atoms with Crippen LogP contribution in [-0.2, 0) is 19.7 Å². The molecule has 0 aliphatic carbocycles. The van der Waals surface area contributed by atoms with Gasteiger partial charge in [-0.25, -0.2) is 4.79 Å². The number of hydrogen-bond acceptors (Lipinski definition) is 7. The van der Waals surface area contributed by atoms with Gasteiger partial charge < -0.3 is 14.2 Å². The summed E-state index contributed by atoms with van der Waals surface area (Å²) in [4.78, 5) is 38.1. The SMILES string of the molecule is COc1ccc(Cn2c(=O)c3cccc(OCc4ccccc4)c3n(CCOc3cccc([N+](=O)[O-])c3)c2=O)cc1. The Morgan fingerprint density at radius 3 is 2.27 bits per heavy atom. The summed E-state index contributed by atoms with van der Waals surface area (Å²) in [5.74, 6) is 1.34. The zero-order chi connectivity index (χ0) is 28.8. The second-order valence-electron chi connectivity index (χ2n) is 9.20. The highest BCUT2D eigenvalue weighted by Crippen LogP contribution is 2.25. The summed E-state index contributed by atoms with van der Waals surface area (Å²) >= 11 is 0. The van der Waals surface area contributed by atoms with E-state index >= 15 is 0 Å². The molecule has 0 amide bonds. The summed E-state index contributed by atoms with van der Waals surface area (Å²) in [6.45, 7) is 0.377. The second kappa shape index (κ2) is 12.2. The normalized spacial score (nSPS) is 10.9. The number of nitro groups is 1. The first-order valence-electron chi connectivity index (χ1n) is 12.9. The van der Waals surface area contributed by atoms with E-state index in [2.05, 4.69) is 0 Å². The van der Waals surface area contributed by atoms with Crippen molar-refractivity contribution in [1.82, 2.24) is 9.13 Å². The zero-order valence-electron chi connectivity index (χ0n) is 22.3. The van der Waals surface area contributed by atoms with E-state index in [1.54, 1.807) is 55.6 Å². The molecule has 0 atom stereocenters. The van der Waals surface area contributed by atoms with E-state index in [9.17, 15) is 19.7 Å². The third kappa shape index (κ3) is 6.11. The largest absolute Gasteiger partial charge is 0.497 e. The van der Waals surface area contributed by atoms with Crippen molar-refractivity contribution in [2.75, 3.05) is 13.7 Å². The van der Waals surface area contributed by atoms with Crippen molar-refractivity contribution in [3.8, 4) is 17.2 Å². The number of benzene rings is 4. The maximum absolute atomic E-state index is 13.8. The standard InChI is InChI=1S/C31H27N3O7/c1-39-25-15-13-22(14-16-25)20-33-30(35)27-11-6-12-28(41-21-23-7-3-2-4-8-23)29(27)32(31(33)36)17-18-40-26-10-5-9-24(19-26)34(37)38/h2-16,19H,17-18,20-21H2,1H3. The Hall–Kier alpha value is -5.38. The van der Waals surface area contributed by atoms with E-state index in [4.69, 9.17) is 14.2 Å². The van der Waals surface area contributed by atoms with Gasteiger partial charge in [-0.05, 0) is 41.5 Å². The summed E-state index contributed by atoms with van der Waals surface area (Å²) in [7, 11) is 1.56. The molecule has 5 rings (SSSR count). The number of fused-ring (bicyclic) bond motifs is 1. The number of ether oxygens (including phenoxy) is 3. The number of para-hydroxylation sites is 1. The smallest absolute Gasteiger partial charge is 0.332 e. The van der Waals surface area contributed by atoms with Crippen LogP contribution < -0.4 is 25.5 Å². The molecule has 0 saturated carbocycles. The van der Waals surface area contributed by atoms with Crippen LogP contribution in [0.25, 0.3) is 10.9 Å². The lowest BCUT2D eigenvalue weighted by atomic mass is 10.2. The molecular formula is C31H27N3O7. The number of nitrogens with zero attached hydrogens (tertiary/aromatic N) is 3. The van der Waals surface area contributed by atoms with Gasteiger partial charge in [-0.2, -0.15) is 0 Å². The van der Waals surface area contributed by atoms with E-state index < -0.39 is 16.2 Å². The molecule has 0 radical (unpaired) electrons. The van der Waals surface area contributed by atoms with Gasteiger partial charge in [0.1, 0.15) is 36.0 Å². The first kappa shape index (κ1) is 27.2. The van der Waals surface area contributed by atoms with Gasteiger partial charge in [0.2, 0.25) is 0 Å². The summed E-state index contributed by atoms with van der Waals surface area (Å²) in [6.07, 6.45) is 0. The molecule has 0 aliphatic heterocycles. The first-order valence-corrected chi connectivity index (χ1v) is 12.9. The van der Waals surface area contributed by atoms with Crippen molar-refractivity contribution in [3.05, 3.63) is 139 Å². The molecule has 0 bridgehead atoms. The molecule has 208 valence electrons. The van der Waals surface area contributed by atoms with Crippen molar-refractivity contribution in [2.45, 2.75) is 19.7 Å². The molecule has 10 nitrogen and oxygen atoms in total. The summed E-state index contributed by atoms with van der Waals surface area (Å²) < 4.78 is 19.7. The van der Waals surface area contributed by atoms with E-state index in [0.717, 1.165) is 11.1 Å². The van der Waals surface area contributed by atoms with Crippen molar-refractivity contribution < 1.29 is 19.1 Å². The minimum atomic E-state index is -0.531. The van der Waals surface area contributed by atoms with Gasteiger partial charge in [-0.3, -0.25) is 24.0 Å². The van der Waals surface area contributed by atoms with Gasteiger partial charge in [-0.1, -0.05) is 54.6 Å². The molecule has 0 aliphatic rings. The molecule has 10 heteroatoms. The molecule has 41 heavy (non-hydrogen) atoms. The molecule has 1 aromatic heterocycles. The maximum atomic E-state index is 13.8. The lowest BCUT2D eigenvalue weighted by Gasteiger charge is -2.18. The Bertz CT molecular complexity index is 1800. The minimum Gasteiger partial charge on any atom is -0.497 e. The first-order chi connectivity index (χ1) is 19.9. The van der Waals surface area contributed by atoms with Gasteiger partial charge in [0.15, 0.2) is 0 Å². The second-order valence-corrected chi connectivity index (χ2v) is 9.20. The highest BCUT2D eigenvalue weighted by molar-refractivity contribution is 5.84. The quantitative estimate of drug-likeness (QED) is 0.171. The van der Waals surface area contributed by atoms with Crippen LogP contribution in [0.5, 0.6) is 17.2 Å². The molecule has 1 heterocycles. The van der Waals surface area contributed by atoms with E-state index in [1.807, 2.05) is 30.3 Å². The van der Waals surface area contributed by atoms with Crippen LogP contribution >= 0.6 is 0 Å². The number of nitro benzene ring substituents is 1. The van der Waals surface area contributed by atoms with E-state index in [0.29, 0.717) is 28.2 Å². The Kier molecular flexibility index (Phi) is 8.10. The molecule has 4 aromatic carbocycles. The van der Waals surface area contributed by atoms with Gasteiger partial charge in [-0.15, -0.1) is 0 Å². The van der Waals surface area contributed by atoms with Crippen molar-refractivity contribution in [1.29, 1.82) is 0 Å². The Labute approximate surface area is 234 Å². The van der Waals surface area contributed by atoms with Gasteiger partial charge in [0, 0.05) is 6.07 Å². The van der Waals surface area contributed by atoms with Crippen LogP contribution in [0.4, 0.5) is 5.69 Å². The van der Waals surface area contributed by atoms with Crippen LogP contribution in [0.15, 0.2) is 107 Å². The molecule has 0 spiro atoms. The Balaban J connectivity index is 1.54. The van der Waals surface area contributed by atoms with Crippen LogP contribution in [0.1, 0.15) is 11.1 Å². The number of aromatic nitrogens is 2. The van der Waals surface area contributed by atoms with Crippen LogP contribution in [-0.4, -0.2) is 27.8 Å². The molecular weight excluding hydrogens is 526 g/mol. The highest BCUT2D eigenvalue weighted by atomic mass is 16.6. The predicted molar refractivity (Wildman–Crippen MR) is 154 cm³/mol. The fourth-order valence-corrected chi connectivity index (χ4v) is 4.50. The van der Waals surface area contributed by atoms with E-state index in [-0.39, 0.29) is 32.0 Å². The summed E-state index contributed by atoms with van der Waals surface area (Å²) in [5, 5.41) is 11.5. The van der Waals surface area contributed by atoms with Crippen LogP contribution in [0.2, 0.25) is 0 Å². The highest BCUT2D eigenvalue weighted by Gasteiger charge is 2.18. The van der Waals surface area contributed by atoms with Crippen molar-refractivity contribution in [3.63, 3.8) is 0 Å². The predicted octanol–water partition coefficient (Wildman–Crippen LogP) is 4.79. The monoisotopic (exact) mass is 553 g/mol. The summed E-state index contributed by atoms with van der Waals surface area (Å²) in [6, 6.07) is 27.6. The molecule has 5 aromatic rings. The topological polar surface area (TPSA) is 115 Å². The van der Waals surface area contributed by atoms with Gasteiger partial charge in [0.05, 0.1) is 36.6 Å². The lowest BCUT2D eigenvalue weighted by Crippen LogP contribution is -2.41. The summed E-state index contributed by atoms with van der Waals surface area (Å²) in [5.41, 5.74) is 0.959. The van der Waals surface area contributed by atoms with Gasteiger partial charge in [0.25, 0.3) is 11.2 Å². The van der Waals surface area contributed by atoms with Crippen LogP contribution in [0.3, 0.4) is 0 Å². The average Bonchev–Trinajstić information content (AvgIpc) is 3.00. The number of rotatable bonds is 11. The fourth-order valence-electron chi connectivity index (χ4n) is 4.50. The number of hydrogen-bond donors (Lipinski definition) is 0. The molecule has 0 saturated heterocycles. The van der Waals surface area contributed by atoms with Crippen molar-refractivity contribution >= 4 is 16.6 Å². The molecule has 0 unspecified atom stereocenters. The zero-order valence-corrected chi connectivity index (χ0v) is 22.3. The fraction of sp³-hybridized carbons (Fsp3) is 0.161. The van der Waals surface area contributed by atoms with Crippen molar-refractivity contribution in [2.24, 2.45) is 0 Å². The molecule has 0 fully saturated rings. The molecule has 0 N–H and O–H groups in total. The van der Waals surface area contributed by atoms with Gasteiger partial charge >= 0.3 is 5.69 Å². The Morgan fingerprint density at radius 1 is 0.780 bits per heavy atom. The average molecular weight is 554 g/mol. The Morgan fingerprint density at radius 2 is 1.54 bits per heavy atom. The number of non-ortho nitro benzene ring substituents is 1. The van der Waals surface area contributed by atoms with Crippen LogP contribution in [0, 0.1) is 10.1 Å². The minimum absolute atomic E-state index is 0.0178. The lowest BCUT2D eigenvalue weighted by molar-refractivity contribution is -0.384. The third-order valence-electron chi connectivity index (χ3n) is 6.56. The number of methoxy groups -OCH3 is 1. The maximum Gasteiger partial charge on any atom is 0.332 e. The van der Waals surface area contributed by atoms with E-state index in [1.165, 1.54) is 27.3 Å².